The first-order valence-electron chi connectivity index (χ1n) is 4.23. The van der Waals surface area contributed by atoms with Crippen molar-refractivity contribution in [2.24, 2.45) is 0 Å². The first kappa shape index (κ1) is 10.9. The molecule has 1 aromatic rings. The standard InChI is InChI=1S/C9H11F3N2/c1-5(2)7-4-13-8(9(10,11)12)14-6(7)3/h4-5H,1-3H3. The molecule has 0 aliphatic carbocycles. The molecule has 0 atom stereocenters. The van der Waals surface area contributed by atoms with Crippen molar-refractivity contribution in [3.63, 3.8) is 0 Å². The van der Waals surface area contributed by atoms with E-state index in [1.807, 2.05) is 13.8 Å². The predicted octanol–water partition coefficient (Wildman–Crippen LogP) is 2.93. The first-order valence-corrected chi connectivity index (χ1v) is 4.23. The van der Waals surface area contributed by atoms with E-state index in [4.69, 9.17) is 0 Å². The van der Waals surface area contributed by atoms with Gasteiger partial charge in [-0.1, -0.05) is 13.8 Å². The maximum atomic E-state index is 12.2. The Labute approximate surface area is 80.2 Å². The summed E-state index contributed by atoms with van der Waals surface area (Å²) in [5.74, 6) is -0.934. The molecule has 5 heteroatoms. The largest absolute Gasteiger partial charge is 0.451 e. The highest BCUT2D eigenvalue weighted by Gasteiger charge is 2.34. The number of aromatic nitrogens is 2. The van der Waals surface area contributed by atoms with Gasteiger partial charge in [0.2, 0.25) is 5.82 Å². The molecular formula is C9H11F3N2. The lowest BCUT2D eigenvalue weighted by atomic mass is 10.0. The second-order valence-electron chi connectivity index (χ2n) is 3.39. The van der Waals surface area contributed by atoms with Crippen LogP contribution >= 0.6 is 0 Å². The van der Waals surface area contributed by atoms with Crippen LogP contribution in [-0.2, 0) is 6.18 Å². The Hall–Kier alpha value is -1.13. The number of hydrogen-bond acceptors (Lipinski definition) is 2. The fourth-order valence-electron chi connectivity index (χ4n) is 1.18. The predicted molar refractivity (Wildman–Crippen MR) is 45.9 cm³/mol. The van der Waals surface area contributed by atoms with Crippen molar-refractivity contribution < 1.29 is 13.2 Å². The van der Waals surface area contributed by atoms with Crippen LogP contribution in [0.3, 0.4) is 0 Å². The molecule has 0 spiro atoms. The van der Waals surface area contributed by atoms with Gasteiger partial charge >= 0.3 is 6.18 Å². The third kappa shape index (κ3) is 2.21. The fourth-order valence-corrected chi connectivity index (χ4v) is 1.18. The van der Waals surface area contributed by atoms with Crippen LogP contribution in [0.1, 0.15) is 36.8 Å². The lowest BCUT2D eigenvalue weighted by Crippen LogP contribution is -2.13. The number of halogens is 3. The van der Waals surface area contributed by atoms with Crippen molar-refractivity contribution in [2.75, 3.05) is 0 Å². The van der Waals surface area contributed by atoms with Crippen molar-refractivity contribution in [3.05, 3.63) is 23.3 Å². The highest BCUT2D eigenvalue weighted by atomic mass is 19.4. The summed E-state index contributed by atoms with van der Waals surface area (Å²) < 4.78 is 36.5. The Balaban J connectivity index is 3.13. The molecule has 0 fully saturated rings. The van der Waals surface area contributed by atoms with E-state index in [-0.39, 0.29) is 5.92 Å². The molecule has 0 radical (unpaired) electrons. The maximum Gasteiger partial charge on any atom is 0.451 e. The first-order chi connectivity index (χ1) is 6.32. The van der Waals surface area contributed by atoms with E-state index in [1.54, 1.807) is 6.92 Å². The SMILES string of the molecule is Cc1nc(C(F)(F)F)ncc1C(C)C. The zero-order valence-corrected chi connectivity index (χ0v) is 8.18. The van der Waals surface area contributed by atoms with E-state index in [0.29, 0.717) is 5.69 Å². The third-order valence-corrected chi connectivity index (χ3v) is 1.89. The lowest BCUT2D eigenvalue weighted by Gasteiger charge is -2.10. The topological polar surface area (TPSA) is 25.8 Å². The zero-order valence-electron chi connectivity index (χ0n) is 8.18. The molecule has 0 bridgehead atoms. The molecule has 1 rings (SSSR count). The molecule has 1 aromatic heterocycles. The number of hydrogen-bond donors (Lipinski definition) is 0. The van der Waals surface area contributed by atoms with Crippen LogP contribution in [0.4, 0.5) is 13.2 Å². The van der Waals surface area contributed by atoms with Crippen molar-refractivity contribution in [1.82, 2.24) is 9.97 Å². The van der Waals surface area contributed by atoms with Gasteiger partial charge in [0, 0.05) is 11.9 Å². The lowest BCUT2D eigenvalue weighted by molar-refractivity contribution is -0.145. The monoisotopic (exact) mass is 204 g/mol. The van der Waals surface area contributed by atoms with Crippen LogP contribution in [0.25, 0.3) is 0 Å². The number of aryl methyl sites for hydroxylation is 1. The number of alkyl halides is 3. The number of rotatable bonds is 1. The molecule has 0 aliphatic rings. The van der Waals surface area contributed by atoms with Crippen molar-refractivity contribution >= 4 is 0 Å². The molecular weight excluding hydrogens is 193 g/mol. The molecule has 0 N–H and O–H groups in total. The minimum absolute atomic E-state index is 0.136. The van der Waals surface area contributed by atoms with Crippen LogP contribution in [0.2, 0.25) is 0 Å². The Kier molecular flexibility index (Phi) is 2.78. The summed E-state index contributed by atoms with van der Waals surface area (Å²) in [4.78, 5) is 6.73. The molecule has 0 saturated carbocycles. The van der Waals surface area contributed by atoms with Gasteiger partial charge in [0.25, 0.3) is 0 Å². The summed E-state index contributed by atoms with van der Waals surface area (Å²) in [5, 5.41) is 0. The van der Waals surface area contributed by atoms with E-state index in [9.17, 15) is 13.2 Å². The van der Waals surface area contributed by atoms with Gasteiger partial charge in [0.05, 0.1) is 0 Å². The highest BCUT2D eigenvalue weighted by Crippen LogP contribution is 2.27. The van der Waals surface area contributed by atoms with Crippen LogP contribution < -0.4 is 0 Å². The van der Waals surface area contributed by atoms with Gasteiger partial charge in [-0.3, -0.25) is 0 Å². The van der Waals surface area contributed by atoms with Gasteiger partial charge < -0.3 is 0 Å². The zero-order chi connectivity index (χ0) is 10.9. The molecule has 0 amide bonds. The Morgan fingerprint density at radius 3 is 2.21 bits per heavy atom. The second-order valence-corrected chi connectivity index (χ2v) is 3.39. The summed E-state index contributed by atoms with van der Waals surface area (Å²) >= 11 is 0. The fraction of sp³-hybridized carbons (Fsp3) is 0.556. The Morgan fingerprint density at radius 1 is 1.29 bits per heavy atom. The highest BCUT2D eigenvalue weighted by molar-refractivity contribution is 5.20. The van der Waals surface area contributed by atoms with E-state index in [1.165, 1.54) is 6.20 Å². The van der Waals surface area contributed by atoms with Crippen LogP contribution in [0, 0.1) is 6.92 Å². The second kappa shape index (κ2) is 3.55. The molecule has 2 nitrogen and oxygen atoms in total. The molecule has 0 aromatic carbocycles. The molecule has 78 valence electrons. The summed E-state index contributed by atoms with van der Waals surface area (Å²) in [7, 11) is 0. The summed E-state index contributed by atoms with van der Waals surface area (Å²) in [6, 6.07) is 0. The van der Waals surface area contributed by atoms with Crippen molar-refractivity contribution in [2.45, 2.75) is 32.9 Å². The van der Waals surface area contributed by atoms with E-state index in [0.717, 1.165) is 5.56 Å². The van der Waals surface area contributed by atoms with Crippen molar-refractivity contribution in [1.29, 1.82) is 0 Å². The van der Waals surface area contributed by atoms with Gasteiger partial charge in [-0.25, -0.2) is 9.97 Å². The van der Waals surface area contributed by atoms with E-state index < -0.39 is 12.0 Å². The van der Waals surface area contributed by atoms with Gasteiger partial charge in [-0.2, -0.15) is 13.2 Å². The third-order valence-electron chi connectivity index (χ3n) is 1.89. The number of nitrogens with zero attached hydrogens (tertiary/aromatic N) is 2. The van der Waals surface area contributed by atoms with Crippen molar-refractivity contribution in [3.8, 4) is 0 Å². The Bertz CT molecular complexity index is 331. The molecule has 0 saturated heterocycles. The smallest absolute Gasteiger partial charge is 0.233 e. The van der Waals surface area contributed by atoms with Crippen LogP contribution in [0.5, 0.6) is 0 Å². The summed E-state index contributed by atoms with van der Waals surface area (Å²) in [6.07, 6.45) is -3.21. The average Bonchev–Trinajstić information content (AvgIpc) is 2.01. The van der Waals surface area contributed by atoms with Crippen LogP contribution in [-0.4, -0.2) is 9.97 Å². The minimum atomic E-state index is -4.46. The molecule has 1 heterocycles. The van der Waals surface area contributed by atoms with E-state index >= 15 is 0 Å². The molecule has 14 heavy (non-hydrogen) atoms. The minimum Gasteiger partial charge on any atom is -0.233 e. The summed E-state index contributed by atoms with van der Waals surface area (Å²) in [6.45, 7) is 5.34. The average molecular weight is 204 g/mol. The van der Waals surface area contributed by atoms with Gasteiger partial charge in [0.1, 0.15) is 0 Å². The summed E-state index contributed by atoms with van der Waals surface area (Å²) in [5.41, 5.74) is 1.14. The van der Waals surface area contributed by atoms with E-state index in [2.05, 4.69) is 9.97 Å². The normalized spacial score (nSPS) is 12.2. The van der Waals surface area contributed by atoms with Crippen LogP contribution in [0.15, 0.2) is 6.20 Å². The maximum absolute atomic E-state index is 12.2. The van der Waals surface area contributed by atoms with Gasteiger partial charge in [0.15, 0.2) is 0 Å². The quantitative estimate of drug-likeness (QED) is 0.702. The van der Waals surface area contributed by atoms with Gasteiger partial charge in [-0.05, 0) is 18.4 Å². The molecule has 0 aliphatic heterocycles. The van der Waals surface area contributed by atoms with Gasteiger partial charge in [-0.15, -0.1) is 0 Å². The molecule has 0 unspecified atom stereocenters. The Morgan fingerprint density at radius 2 is 1.86 bits per heavy atom.